The van der Waals surface area contributed by atoms with E-state index >= 15 is 0 Å². The lowest BCUT2D eigenvalue weighted by Crippen LogP contribution is -2.44. The van der Waals surface area contributed by atoms with Gasteiger partial charge in [0.1, 0.15) is 12.4 Å². The average Bonchev–Trinajstić information content (AvgIpc) is 2.65. The lowest BCUT2D eigenvalue weighted by molar-refractivity contribution is -0.132. The maximum absolute atomic E-state index is 14.0. The number of aromatic amines is 1. The van der Waals surface area contributed by atoms with E-state index in [0.29, 0.717) is 29.4 Å². The third-order valence-corrected chi connectivity index (χ3v) is 4.75. The van der Waals surface area contributed by atoms with Gasteiger partial charge in [-0.15, -0.1) is 0 Å². The van der Waals surface area contributed by atoms with Crippen LogP contribution in [0.4, 0.5) is 4.39 Å². The number of hydrogen-bond acceptors (Lipinski definition) is 3. The Morgan fingerprint density at radius 3 is 2.77 bits per heavy atom. The predicted molar refractivity (Wildman–Crippen MR) is 94.3 cm³/mol. The number of carbonyl (C=O) groups excluding carboxylic acids is 1. The second-order valence-corrected chi connectivity index (χ2v) is 6.31. The second kappa shape index (κ2) is 6.25. The summed E-state index contributed by atoms with van der Waals surface area (Å²) in [4.78, 5) is 41.4. The smallest absolute Gasteiger partial charge is 0.329 e. The zero-order valence-electron chi connectivity index (χ0n) is 13.9. The Balaban J connectivity index is 1.64. The number of rotatable bonds is 2. The Morgan fingerprint density at radius 1 is 1.12 bits per heavy atom. The molecule has 0 unspecified atom stereocenters. The lowest BCUT2D eigenvalue weighted by atomic mass is 9.99. The van der Waals surface area contributed by atoms with Gasteiger partial charge in [0.2, 0.25) is 5.91 Å². The van der Waals surface area contributed by atoms with E-state index in [4.69, 9.17) is 0 Å². The molecule has 26 heavy (non-hydrogen) atoms. The lowest BCUT2D eigenvalue weighted by Gasteiger charge is -2.29. The van der Waals surface area contributed by atoms with Crippen LogP contribution < -0.4 is 11.2 Å². The van der Waals surface area contributed by atoms with Crippen LogP contribution in [0.15, 0.2) is 52.1 Å². The van der Waals surface area contributed by atoms with E-state index in [1.165, 1.54) is 11.0 Å². The summed E-state index contributed by atoms with van der Waals surface area (Å²) in [5.41, 5.74) is 0.661. The first-order valence-electron chi connectivity index (χ1n) is 8.30. The van der Waals surface area contributed by atoms with Crippen molar-refractivity contribution < 1.29 is 9.18 Å². The molecule has 4 rings (SSSR count). The van der Waals surface area contributed by atoms with Gasteiger partial charge in [0, 0.05) is 18.7 Å². The summed E-state index contributed by atoms with van der Waals surface area (Å²) in [7, 11) is 0. The third kappa shape index (κ3) is 2.71. The largest absolute Gasteiger partial charge is 0.336 e. The van der Waals surface area contributed by atoms with Gasteiger partial charge in [-0.25, -0.2) is 9.18 Å². The summed E-state index contributed by atoms with van der Waals surface area (Å²) in [5, 5.41) is 0.343. The van der Waals surface area contributed by atoms with Gasteiger partial charge >= 0.3 is 5.69 Å². The van der Waals surface area contributed by atoms with Crippen molar-refractivity contribution >= 4 is 16.8 Å². The molecule has 0 aliphatic carbocycles. The fourth-order valence-corrected chi connectivity index (χ4v) is 3.33. The summed E-state index contributed by atoms with van der Waals surface area (Å²) >= 11 is 0. The monoisotopic (exact) mass is 353 g/mol. The van der Waals surface area contributed by atoms with Crippen molar-refractivity contribution in [2.24, 2.45) is 0 Å². The number of aromatic nitrogens is 2. The van der Waals surface area contributed by atoms with Crippen LogP contribution in [0.5, 0.6) is 0 Å². The van der Waals surface area contributed by atoms with Crippen molar-refractivity contribution in [3.63, 3.8) is 0 Å². The minimum Gasteiger partial charge on any atom is -0.336 e. The Bertz CT molecular complexity index is 1130. The highest BCUT2D eigenvalue weighted by Gasteiger charge is 2.24. The molecule has 1 amide bonds. The van der Waals surface area contributed by atoms with Gasteiger partial charge in [-0.1, -0.05) is 24.3 Å². The molecule has 0 fully saturated rings. The van der Waals surface area contributed by atoms with Gasteiger partial charge < -0.3 is 9.88 Å². The molecule has 0 saturated carbocycles. The molecule has 6 nitrogen and oxygen atoms in total. The fraction of sp³-hybridized carbons (Fsp3) is 0.211. The first kappa shape index (κ1) is 16.3. The van der Waals surface area contributed by atoms with Gasteiger partial charge in [0.25, 0.3) is 5.56 Å². The van der Waals surface area contributed by atoms with Crippen LogP contribution in [0.3, 0.4) is 0 Å². The van der Waals surface area contributed by atoms with E-state index in [1.807, 2.05) is 6.07 Å². The number of nitrogens with one attached hydrogen (secondary N) is 1. The normalized spacial score (nSPS) is 13.7. The first-order valence-corrected chi connectivity index (χ1v) is 8.30. The predicted octanol–water partition coefficient (Wildman–Crippen LogP) is 1.41. The summed E-state index contributed by atoms with van der Waals surface area (Å²) < 4.78 is 14.9. The standard InChI is InChI=1S/C19H16FN3O3/c20-15-6-3-4-12-8-9-22(10-14(12)15)17(24)11-23-18(25)13-5-1-2-7-16(13)21-19(23)26/h1-7H,8-11H2,(H,21,26). The molecule has 0 radical (unpaired) electrons. The zero-order chi connectivity index (χ0) is 18.3. The number of carbonyl (C=O) groups is 1. The van der Waals surface area contributed by atoms with Crippen LogP contribution in [-0.4, -0.2) is 26.9 Å². The molecular formula is C19H16FN3O3. The number of fused-ring (bicyclic) bond motifs is 2. The molecule has 132 valence electrons. The quantitative estimate of drug-likeness (QED) is 0.757. The molecule has 0 spiro atoms. The van der Waals surface area contributed by atoms with Crippen LogP contribution in [-0.2, 0) is 24.3 Å². The molecule has 1 aromatic heterocycles. The number of H-pyrrole nitrogens is 1. The van der Waals surface area contributed by atoms with E-state index < -0.39 is 11.2 Å². The Hall–Kier alpha value is -3.22. The second-order valence-electron chi connectivity index (χ2n) is 6.31. The summed E-state index contributed by atoms with van der Waals surface area (Å²) in [6.45, 7) is 0.194. The zero-order valence-corrected chi connectivity index (χ0v) is 13.9. The van der Waals surface area contributed by atoms with Crippen molar-refractivity contribution in [1.82, 2.24) is 14.5 Å². The molecule has 7 heteroatoms. The summed E-state index contributed by atoms with van der Waals surface area (Å²) in [6.07, 6.45) is 0.543. The van der Waals surface area contributed by atoms with Crippen LogP contribution in [0.25, 0.3) is 10.9 Å². The number of hydrogen-bond donors (Lipinski definition) is 1. The molecular weight excluding hydrogens is 337 g/mol. The van der Waals surface area contributed by atoms with Crippen LogP contribution >= 0.6 is 0 Å². The topological polar surface area (TPSA) is 75.2 Å². The molecule has 1 aliphatic rings. The summed E-state index contributed by atoms with van der Waals surface area (Å²) in [6, 6.07) is 11.5. The van der Waals surface area contributed by atoms with Gasteiger partial charge in [-0.2, -0.15) is 0 Å². The molecule has 2 heterocycles. The van der Waals surface area contributed by atoms with Crippen molar-refractivity contribution in [1.29, 1.82) is 0 Å². The molecule has 0 saturated heterocycles. The van der Waals surface area contributed by atoms with Crippen molar-refractivity contribution in [3.8, 4) is 0 Å². The molecule has 0 atom stereocenters. The molecule has 1 aliphatic heterocycles. The van der Waals surface area contributed by atoms with E-state index in [-0.39, 0.29) is 24.8 Å². The van der Waals surface area contributed by atoms with E-state index in [1.54, 1.807) is 30.3 Å². The molecule has 2 aromatic carbocycles. The van der Waals surface area contributed by atoms with Crippen LogP contribution in [0, 0.1) is 5.82 Å². The van der Waals surface area contributed by atoms with Crippen LogP contribution in [0.1, 0.15) is 11.1 Å². The van der Waals surface area contributed by atoms with E-state index in [9.17, 15) is 18.8 Å². The first-order chi connectivity index (χ1) is 12.5. The fourth-order valence-electron chi connectivity index (χ4n) is 3.33. The highest BCUT2D eigenvalue weighted by molar-refractivity contribution is 5.79. The van der Waals surface area contributed by atoms with E-state index in [2.05, 4.69) is 4.98 Å². The van der Waals surface area contributed by atoms with Gasteiger partial charge in [-0.05, 0) is 30.2 Å². The number of nitrogens with zero attached hydrogens (tertiary/aromatic N) is 2. The maximum Gasteiger partial charge on any atom is 0.329 e. The maximum atomic E-state index is 14.0. The Labute approximate surface area is 147 Å². The van der Waals surface area contributed by atoms with Gasteiger partial charge in [-0.3, -0.25) is 14.2 Å². The minimum atomic E-state index is -0.634. The Morgan fingerprint density at radius 2 is 1.92 bits per heavy atom. The Kier molecular flexibility index (Phi) is 3.91. The summed E-state index contributed by atoms with van der Waals surface area (Å²) in [5.74, 6) is -0.734. The minimum absolute atomic E-state index is 0.140. The highest BCUT2D eigenvalue weighted by Crippen LogP contribution is 2.21. The van der Waals surface area contributed by atoms with E-state index in [0.717, 1.165) is 10.1 Å². The number of benzene rings is 2. The molecule has 3 aromatic rings. The molecule has 1 N–H and O–H groups in total. The van der Waals surface area contributed by atoms with Gasteiger partial charge in [0.15, 0.2) is 0 Å². The number of para-hydroxylation sites is 1. The number of halogens is 1. The number of amides is 1. The van der Waals surface area contributed by atoms with Crippen LogP contribution in [0.2, 0.25) is 0 Å². The van der Waals surface area contributed by atoms with Crippen molar-refractivity contribution in [2.45, 2.75) is 19.5 Å². The SMILES string of the molecule is O=C(Cn1c(=O)[nH]c2ccccc2c1=O)N1CCc2cccc(F)c2C1. The average molecular weight is 353 g/mol. The van der Waals surface area contributed by atoms with Crippen molar-refractivity contribution in [2.75, 3.05) is 6.54 Å². The van der Waals surface area contributed by atoms with Gasteiger partial charge in [0.05, 0.1) is 10.9 Å². The molecule has 0 bridgehead atoms. The highest BCUT2D eigenvalue weighted by atomic mass is 19.1. The third-order valence-electron chi connectivity index (χ3n) is 4.75. The van der Waals surface area contributed by atoms with Crippen molar-refractivity contribution in [3.05, 3.63) is 80.2 Å².